The van der Waals surface area contributed by atoms with Crippen molar-refractivity contribution < 1.29 is 13.2 Å². The molecule has 1 atom stereocenters. The number of carbonyl (C=O) groups excluding carboxylic acids is 1. The van der Waals surface area contributed by atoms with Crippen molar-refractivity contribution in [3.05, 3.63) is 29.8 Å². The van der Waals surface area contributed by atoms with Crippen molar-refractivity contribution in [2.45, 2.75) is 37.6 Å². The molecule has 2 N–H and O–H groups in total. The third kappa shape index (κ3) is 5.24. The Bertz CT molecular complexity index is 896. The molecule has 1 fully saturated rings. The minimum atomic E-state index is -3.78. The van der Waals surface area contributed by atoms with Crippen molar-refractivity contribution in [1.82, 2.24) is 14.9 Å². The predicted octanol–water partition coefficient (Wildman–Crippen LogP) is 2.21. The first-order valence-corrected chi connectivity index (χ1v) is 11.1. The maximum atomic E-state index is 12.3. The molecule has 0 aliphatic carbocycles. The van der Waals surface area contributed by atoms with E-state index in [0.29, 0.717) is 5.92 Å². The fourth-order valence-corrected chi connectivity index (χ4v) is 5.01. The number of carbonyl (C=O) groups is 1. The minimum absolute atomic E-state index is 0.156. The van der Waals surface area contributed by atoms with E-state index in [9.17, 15) is 13.2 Å². The van der Waals surface area contributed by atoms with Gasteiger partial charge in [-0.15, -0.1) is 10.2 Å². The van der Waals surface area contributed by atoms with Gasteiger partial charge in [0.15, 0.2) is 0 Å². The number of hydrogen-bond donors (Lipinski definition) is 2. The molecule has 0 saturated carbocycles. The molecule has 27 heavy (non-hydrogen) atoms. The van der Waals surface area contributed by atoms with Crippen molar-refractivity contribution in [2.75, 3.05) is 23.3 Å². The van der Waals surface area contributed by atoms with Crippen molar-refractivity contribution in [2.24, 2.45) is 5.92 Å². The van der Waals surface area contributed by atoms with Crippen LogP contribution < -0.4 is 14.9 Å². The lowest BCUT2D eigenvalue weighted by molar-refractivity contribution is -0.114. The standard InChI is InChI=1S/C17H23N5O3S2/c1-12-4-3-9-22(11-12)15-7-5-14(6-8-15)10-18-27(24,25)17-21-20-16(26-17)19-13(2)23/h5-8,12,18H,3-4,9-11H2,1-2H3,(H,19,20,23)/t12-/m0/s1. The summed E-state index contributed by atoms with van der Waals surface area (Å²) in [6, 6.07) is 7.92. The molecular formula is C17H23N5O3S2. The van der Waals surface area contributed by atoms with Crippen LogP contribution in [-0.2, 0) is 21.4 Å². The predicted molar refractivity (Wildman–Crippen MR) is 105 cm³/mol. The van der Waals surface area contributed by atoms with Gasteiger partial charge < -0.3 is 10.2 Å². The Morgan fingerprint density at radius 2 is 2.04 bits per heavy atom. The van der Waals surface area contributed by atoms with Crippen LogP contribution >= 0.6 is 11.3 Å². The average molecular weight is 410 g/mol. The quantitative estimate of drug-likeness (QED) is 0.709. The zero-order valence-electron chi connectivity index (χ0n) is 15.3. The van der Waals surface area contributed by atoms with Gasteiger partial charge in [-0.25, -0.2) is 13.1 Å². The van der Waals surface area contributed by atoms with Gasteiger partial charge >= 0.3 is 0 Å². The molecule has 1 aliphatic rings. The van der Waals surface area contributed by atoms with Crippen LogP contribution in [0, 0.1) is 5.92 Å². The summed E-state index contributed by atoms with van der Waals surface area (Å²) in [4.78, 5) is 13.4. The van der Waals surface area contributed by atoms with Gasteiger partial charge in [-0.1, -0.05) is 30.4 Å². The van der Waals surface area contributed by atoms with Crippen LogP contribution in [0.5, 0.6) is 0 Å². The molecule has 0 spiro atoms. The number of amides is 1. The highest BCUT2D eigenvalue weighted by atomic mass is 32.2. The smallest absolute Gasteiger partial charge is 0.270 e. The van der Waals surface area contributed by atoms with Gasteiger partial charge in [0.25, 0.3) is 10.0 Å². The second kappa shape index (κ2) is 8.32. The summed E-state index contributed by atoms with van der Waals surface area (Å²) in [6.07, 6.45) is 2.47. The monoisotopic (exact) mass is 409 g/mol. The highest BCUT2D eigenvalue weighted by Crippen LogP contribution is 2.24. The minimum Gasteiger partial charge on any atom is -0.371 e. The summed E-state index contributed by atoms with van der Waals surface area (Å²) < 4.78 is 27.0. The number of sulfonamides is 1. The van der Waals surface area contributed by atoms with Gasteiger partial charge in [0, 0.05) is 32.2 Å². The summed E-state index contributed by atoms with van der Waals surface area (Å²) >= 11 is 0.813. The molecule has 2 heterocycles. The molecule has 3 rings (SSSR count). The topological polar surface area (TPSA) is 104 Å². The number of hydrogen-bond acceptors (Lipinski definition) is 7. The largest absolute Gasteiger partial charge is 0.371 e. The molecule has 1 aromatic carbocycles. The number of benzene rings is 1. The Morgan fingerprint density at radius 1 is 1.30 bits per heavy atom. The first-order valence-electron chi connectivity index (χ1n) is 8.78. The van der Waals surface area contributed by atoms with Gasteiger partial charge in [0.2, 0.25) is 15.4 Å². The number of piperidine rings is 1. The third-order valence-corrected chi connectivity index (χ3v) is 6.95. The second-order valence-corrected chi connectivity index (χ2v) is 9.66. The molecule has 1 saturated heterocycles. The van der Waals surface area contributed by atoms with Gasteiger partial charge in [-0.3, -0.25) is 4.79 Å². The van der Waals surface area contributed by atoms with Crippen LogP contribution in [0.1, 0.15) is 32.3 Å². The van der Waals surface area contributed by atoms with E-state index >= 15 is 0 Å². The van der Waals surface area contributed by atoms with Gasteiger partial charge in [-0.05, 0) is 36.5 Å². The van der Waals surface area contributed by atoms with Crippen molar-refractivity contribution in [3.8, 4) is 0 Å². The van der Waals surface area contributed by atoms with Crippen LogP contribution in [0.15, 0.2) is 28.6 Å². The van der Waals surface area contributed by atoms with Crippen molar-refractivity contribution >= 4 is 38.1 Å². The molecule has 0 unspecified atom stereocenters. The van der Waals surface area contributed by atoms with E-state index in [1.165, 1.54) is 19.8 Å². The average Bonchev–Trinajstić information content (AvgIpc) is 3.09. The fraction of sp³-hybridized carbons (Fsp3) is 0.471. The van der Waals surface area contributed by atoms with Gasteiger partial charge in [-0.2, -0.15) is 0 Å². The first kappa shape index (κ1) is 19.7. The molecule has 1 amide bonds. The lowest BCUT2D eigenvalue weighted by atomic mass is 9.99. The Kier molecular flexibility index (Phi) is 6.08. The summed E-state index contributed by atoms with van der Waals surface area (Å²) in [5, 5.41) is 9.87. The van der Waals surface area contributed by atoms with Crippen LogP contribution in [0.3, 0.4) is 0 Å². The Balaban J connectivity index is 1.60. The lowest BCUT2D eigenvalue weighted by Gasteiger charge is -2.32. The Morgan fingerprint density at radius 3 is 2.70 bits per heavy atom. The number of rotatable bonds is 6. The molecule has 146 valence electrons. The van der Waals surface area contributed by atoms with Gasteiger partial charge in [0.05, 0.1) is 0 Å². The van der Waals surface area contributed by atoms with E-state index < -0.39 is 10.0 Å². The summed E-state index contributed by atoms with van der Waals surface area (Å²) in [6.45, 7) is 5.86. The molecule has 1 aromatic heterocycles. The molecule has 0 bridgehead atoms. The maximum absolute atomic E-state index is 12.3. The third-order valence-electron chi connectivity index (χ3n) is 4.34. The number of nitrogens with one attached hydrogen (secondary N) is 2. The lowest BCUT2D eigenvalue weighted by Crippen LogP contribution is -2.34. The number of aromatic nitrogens is 2. The van der Waals surface area contributed by atoms with Crippen LogP contribution in [0.25, 0.3) is 0 Å². The van der Waals surface area contributed by atoms with E-state index in [0.717, 1.165) is 35.7 Å². The number of nitrogens with zero attached hydrogens (tertiary/aromatic N) is 3. The normalized spacial score (nSPS) is 17.7. The highest BCUT2D eigenvalue weighted by molar-refractivity contribution is 7.91. The molecule has 0 radical (unpaired) electrons. The molecule has 1 aliphatic heterocycles. The molecule has 2 aromatic rings. The van der Waals surface area contributed by atoms with Crippen molar-refractivity contribution in [1.29, 1.82) is 0 Å². The fourth-order valence-electron chi connectivity index (χ4n) is 3.01. The molecule has 10 heteroatoms. The zero-order valence-corrected chi connectivity index (χ0v) is 16.9. The van der Waals surface area contributed by atoms with Gasteiger partial charge in [0.1, 0.15) is 0 Å². The summed E-state index contributed by atoms with van der Waals surface area (Å²) in [5.41, 5.74) is 2.02. The summed E-state index contributed by atoms with van der Waals surface area (Å²) in [7, 11) is -3.78. The second-order valence-electron chi connectivity index (χ2n) is 6.74. The zero-order chi connectivity index (χ0) is 19.4. The van der Waals surface area contributed by atoms with Crippen LogP contribution in [0.4, 0.5) is 10.8 Å². The Labute approximate surface area is 163 Å². The van der Waals surface area contributed by atoms with Crippen LogP contribution in [-0.4, -0.2) is 37.6 Å². The van der Waals surface area contributed by atoms with E-state index in [1.54, 1.807) is 0 Å². The van der Waals surface area contributed by atoms with Crippen LogP contribution in [0.2, 0.25) is 0 Å². The highest BCUT2D eigenvalue weighted by Gasteiger charge is 2.20. The SMILES string of the molecule is CC(=O)Nc1nnc(S(=O)(=O)NCc2ccc(N3CCC[C@H](C)C3)cc2)s1. The maximum Gasteiger partial charge on any atom is 0.270 e. The Hall–Kier alpha value is -2.04. The van der Waals surface area contributed by atoms with E-state index in [-0.39, 0.29) is 21.9 Å². The van der Waals surface area contributed by atoms with Crippen molar-refractivity contribution in [3.63, 3.8) is 0 Å². The van der Waals surface area contributed by atoms with E-state index in [4.69, 9.17) is 0 Å². The summed E-state index contributed by atoms with van der Waals surface area (Å²) in [5.74, 6) is 0.366. The molecule has 8 nitrogen and oxygen atoms in total. The number of anilines is 2. The first-order chi connectivity index (χ1) is 12.8. The molecular weight excluding hydrogens is 386 g/mol. The van der Waals surface area contributed by atoms with E-state index in [2.05, 4.69) is 32.1 Å². The van der Waals surface area contributed by atoms with E-state index in [1.807, 2.05) is 24.3 Å².